The van der Waals surface area contributed by atoms with Crippen LogP contribution in [0.5, 0.6) is 0 Å². The van der Waals surface area contributed by atoms with E-state index in [0.717, 1.165) is 12.1 Å². The van der Waals surface area contributed by atoms with E-state index in [-0.39, 0.29) is 30.7 Å². The van der Waals surface area contributed by atoms with Crippen LogP contribution in [0.4, 0.5) is 13.2 Å². The van der Waals surface area contributed by atoms with E-state index in [0.29, 0.717) is 62.9 Å². The maximum atomic E-state index is 12.9. The molecule has 2 aliphatic rings. The molecule has 32 heavy (non-hydrogen) atoms. The molecule has 1 N–H and O–H groups in total. The van der Waals surface area contributed by atoms with Crippen molar-refractivity contribution in [2.75, 3.05) is 26.3 Å². The van der Waals surface area contributed by atoms with E-state index in [1.807, 2.05) is 4.57 Å². The van der Waals surface area contributed by atoms with Crippen LogP contribution in [-0.4, -0.2) is 57.8 Å². The predicted octanol–water partition coefficient (Wildman–Crippen LogP) is 1.58. The summed E-state index contributed by atoms with van der Waals surface area (Å²) >= 11 is 0. The number of carbonyl (C=O) groups is 2. The summed E-state index contributed by atoms with van der Waals surface area (Å²) in [4.78, 5) is 26.6. The van der Waals surface area contributed by atoms with Crippen LogP contribution in [0.2, 0.25) is 0 Å². The van der Waals surface area contributed by atoms with Crippen LogP contribution in [0, 0.1) is 5.92 Å². The van der Waals surface area contributed by atoms with Gasteiger partial charge in [-0.25, -0.2) is 0 Å². The van der Waals surface area contributed by atoms with Gasteiger partial charge in [0.25, 0.3) is 0 Å². The molecule has 8 nitrogen and oxygen atoms in total. The Morgan fingerprint density at radius 2 is 2.03 bits per heavy atom. The summed E-state index contributed by atoms with van der Waals surface area (Å²) in [7, 11) is 0. The first-order valence-electron chi connectivity index (χ1n) is 10.5. The lowest BCUT2D eigenvalue weighted by Gasteiger charge is -2.20. The average Bonchev–Trinajstić information content (AvgIpc) is 3.38. The van der Waals surface area contributed by atoms with E-state index in [4.69, 9.17) is 4.74 Å². The maximum absolute atomic E-state index is 12.9. The van der Waals surface area contributed by atoms with Gasteiger partial charge in [-0.05, 0) is 18.1 Å². The highest BCUT2D eigenvalue weighted by molar-refractivity contribution is 5.79. The minimum absolute atomic E-state index is 0.0774. The smallest absolute Gasteiger partial charge is 0.381 e. The van der Waals surface area contributed by atoms with Crippen LogP contribution in [0.1, 0.15) is 29.2 Å². The number of benzene rings is 1. The number of amides is 2. The Morgan fingerprint density at radius 3 is 2.78 bits per heavy atom. The van der Waals surface area contributed by atoms with Crippen LogP contribution >= 0.6 is 0 Å². The minimum atomic E-state index is -4.44. The van der Waals surface area contributed by atoms with Gasteiger partial charge in [0.15, 0.2) is 5.82 Å². The summed E-state index contributed by atoms with van der Waals surface area (Å²) in [5, 5.41) is 11.2. The second-order valence-corrected chi connectivity index (χ2v) is 7.97. The van der Waals surface area contributed by atoms with Gasteiger partial charge in [-0.3, -0.25) is 9.59 Å². The van der Waals surface area contributed by atoms with E-state index >= 15 is 0 Å². The third-order valence-electron chi connectivity index (χ3n) is 5.79. The molecule has 2 amide bonds. The number of nitrogens with zero attached hydrogens (tertiary/aromatic N) is 4. The molecule has 11 heteroatoms. The number of hydrogen-bond acceptors (Lipinski definition) is 5. The third-order valence-corrected chi connectivity index (χ3v) is 5.79. The molecule has 1 aromatic heterocycles. The predicted molar refractivity (Wildman–Crippen MR) is 106 cm³/mol. The fourth-order valence-electron chi connectivity index (χ4n) is 3.96. The number of ether oxygens (including phenoxy) is 1. The summed E-state index contributed by atoms with van der Waals surface area (Å²) in [5.74, 6) is 0.864. The maximum Gasteiger partial charge on any atom is 0.416 e. The number of alkyl halides is 3. The van der Waals surface area contributed by atoms with E-state index < -0.39 is 11.7 Å². The van der Waals surface area contributed by atoms with E-state index in [9.17, 15) is 22.8 Å². The van der Waals surface area contributed by atoms with Crippen LogP contribution in [0.3, 0.4) is 0 Å². The molecule has 1 atom stereocenters. The first-order chi connectivity index (χ1) is 15.3. The second kappa shape index (κ2) is 9.27. The molecule has 1 fully saturated rings. The molecule has 1 saturated heterocycles. The number of rotatable bonds is 5. The molecular formula is C21H24F3N5O3. The Balaban J connectivity index is 1.35. The molecule has 2 aromatic rings. The third kappa shape index (κ3) is 5.09. The average molecular weight is 451 g/mol. The Morgan fingerprint density at radius 1 is 1.19 bits per heavy atom. The van der Waals surface area contributed by atoms with Crippen molar-refractivity contribution in [2.45, 2.75) is 38.5 Å². The number of nitrogens with one attached hydrogen (secondary N) is 1. The lowest BCUT2D eigenvalue weighted by atomic mass is 10.1. The van der Waals surface area contributed by atoms with Crippen LogP contribution < -0.4 is 5.32 Å². The van der Waals surface area contributed by atoms with Gasteiger partial charge in [-0.15, -0.1) is 10.2 Å². The highest BCUT2D eigenvalue weighted by atomic mass is 19.4. The van der Waals surface area contributed by atoms with E-state index in [2.05, 4.69) is 15.5 Å². The fraction of sp³-hybridized carbons (Fsp3) is 0.524. The van der Waals surface area contributed by atoms with E-state index in [1.54, 1.807) is 4.90 Å². The first kappa shape index (κ1) is 22.3. The molecule has 1 aromatic carbocycles. The summed E-state index contributed by atoms with van der Waals surface area (Å²) < 4.78 is 45.9. The summed E-state index contributed by atoms with van der Waals surface area (Å²) in [6.07, 6.45) is -3.37. The molecule has 0 bridgehead atoms. The quantitative estimate of drug-likeness (QED) is 0.746. The molecule has 0 spiro atoms. The van der Waals surface area contributed by atoms with Crippen molar-refractivity contribution in [3.8, 4) is 0 Å². The van der Waals surface area contributed by atoms with Crippen molar-refractivity contribution < 1.29 is 27.5 Å². The van der Waals surface area contributed by atoms with Crippen LogP contribution in [0.15, 0.2) is 24.3 Å². The lowest BCUT2D eigenvalue weighted by molar-refractivity contribution is -0.138. The lowest BCUT2D eigenvalue weighted by Crippen LogP contribution is -2.35. The molecule has 2 aliphatic heterocycles. The zero-order valence-electron chi connectivity index (χ0n) is 17.4. The number of halogens is 3. The molecule has 0 aliphatic carbocycles. The Hall–Kier alpha value is -2.95. The Kier molecular flexibility index (Phi) is 6.45. The van der Waals surface area contributed by atoms with Crippen molar-refractivity contribution in [1.29, 1.82) is 0 Å². The van der Waals surface area contributed by atoms with Crippen molar-refractivity contribution in [3.63, 3.8) is 0 Å². The van der Waals surface area contributed by atoms with Gasteiger partial charge in [0.2, 0.25) is 11.8 Å². The monoisotopic (exact) mass is 451 g/mol. The number of fused-ring (bicyclic) bond motifs is 1. The number of hydrogen-bond donors (Lipinski definition) is 1. The highest BCUT2D eigenvalue weighted by Crippen LogP contribution is 2.29. The largest absolute Gasteiger partial charge is 0.416 e. The Labute approximate surface area is 182 Å². The van der Waals surface area contributed by atoms with Crippen LogP contribution in [-0.2, 0) is 46.4 Å². The van der Waals surface area contributed by atoms with Crippen molar-refractivity contribution >= 4 is 11.8 Å². The van der Waals surface area contributed by atoms with Gasteiger partial charge in [-0.1, -0.05) is 18.2 Å². The molecule has 0 saturated carbocycles. The first-order valence-corrected chi connectivity index (χ1v) is 10.5. The van der Waals surface area contributed by atoms with Gasteiger partial charge in [0, 0.05) is 32.7 Å². The van der Waals surface area contributed by atoms with Crippen LogP contribution in [0.25, 0.3) is 0 Å². The zero-order chi connectivity index (χ0) is 22.7. The summed E-state index contributed by atoms with van der Waals surface area (Å²) in [6, 6.07) is 4.84. The molecule has 0 radical (unpaired) electrons. The van der Waals surface area contributed by atoms with Crippen molar-refractivity contribution in [1.82, 2.24) is 25.0 Å². The standard InChI is InChI=1S/C21H24F3N5O3/c22-21(23,24)16-3-1-2-14(10-16)11-19(30)28-6-4-17-26-27-18(29(17)8-7-28)12-25-20(31)15-5-9-32-13-15/h1-3,10,15H,4-9,11-13H2,(H,25,31)/t15-/m1/s1. The van der Waals surface area contributed by atoms with Gasteiger partial charge in [-0.2, -0.15) is 13.2 Å². The van der Waals surface area contributed by atoms with Crippen molar-refractivity contribution in [3.05, 3.63) is 47.0 Å². The minimum Gasteiger partial charge on any atom is -0.381 e. The molecule has 3 heterocycles. The number of aromatic nitrogens is 3. The second-order valence-electron chi connectivity index (χ2n) is 7.97. The molecule has 0 unspecified atom stereocenters. The van der Waals surface area contributed by atoms with Gasteiger partial charge < -0.3 is 19.5 Å². The summed E-state index contributed by atoms with van der Waals surface area (Å²) in [6.45, 7) is 2.49. The fourth-order valence-corrected chi connectivity index (χ4v) is 3.96. The van der Waals surface area contributed by atoms with Crippen molar-refractivity contribution in [2.24, 2.45) is 5.92 Å². The number of carbonyl (C=O) groups excluding carboxylic acids is 2. The highest BCUT2D eigenvalue weighted by Gasteiger charge is 2.31. The summed E-state index contributed by atoms with van der Waals surface area (Å²) in [5.41, 5.74) is -0.437. The zero-order valence-corrected chi connectivity index (χ0v) is 17.4. The molecular weight excluding hydrogens is 427 g/mol. The Bertz CT molecular complexity index is 985. The SMILES string of the molecule is O=C(NCc1nnc2n1CCN(C(=O)Cc1cccc(C(F)(F)F)c1)CC2)[C@@H]1CCOC1. The molecule has 4 rings (SSSR count). The topological polar surface area (TPSA) is 89.4 Å². The van der Waals surface area contributed by atoms with Gasteiger partial charge >= 0.3 is 6.18 Å². The molecule has 172 valence electrons. The normalized spacial score (nSPS) is 18.8. The van der Waals surface area contributed by atoms with Gasteiger partial charge in [0.05, 0.1) is 31.1 Å². The van der Waals surface area contributed by atoms with E-state index in [1.165, 1.54) is 12.1 Å². The van der Waals surface area contributed by atoms with Gasteiger partial charge in [0.1, 0.15) is 5.82 Å².